The van der Waals surface area contributed by atoms with Gasteiger partial charge in [0.05, 0.1) is 16.8 Å². The standard InChI is InChI=1S/C18H23N5OS/c1-5-12(4)19-15(24)10-25-18-17-22-21-16(11(2)3)23(17)14-9-7-6-8-13(14)20-18/h6-9,11-12H,5,10H2,1-4H3,(H,19,24)/t12-/m0/s1. The highest BCUT2D eigenvalue weighted by molar-refractivity contribution is 8.00. The maximum Gasteiger partial charge on any atom is 0.230 e. The first kappa shape index (κ1) is 17.7. The number of carbonyl (C=O) groups excluding carboxylic acids is 1. The zero-order valence-electron chi connectivity index (χ0n) is 15.0. The van der Waals surface area contributed by atoms with Crippen LogP contribution in [0.4, 0.5) is 0 Å². The van der Waals surface area contributed by atoms with Crippen LogP contribution in [0, 0.1) is 0 Å². The van der Waals surface area contributed by atoms with Crippen LogP contribution in [0.1, 0.15) is 45.9 Å². The predicted octanol–water partition coefficient (Wildman–Crippen LogP) is 3.41. The van der Waals surface area contributed by atoms with Crippen LogP contribution in [0.15, 0.2) is 29.3 Å². The van der Waals surface area contributed by atoms with Gasteiger partial charge in [0.2, 0.25) is 5.91 Å². The van der Waals surface area contributed by atoms with E-state index >= 15 is 0 Å². The SMILES string of the molecule is CC[C@H](C)NC(=O)CSc1nc2ccccc2n2c(C(C)C)nnc12. The second-order valence-corrected chi connectivity index (χ2v) is 7.41. The Morgan fingerprint density at radius 3 is 2.72 bits per heavy atom. The van der Waals surface area contributed by atoms with Crippen molar-refractivity contribution in [2.24, 2.45) is 0 Å². The molecular weight excluding hydrogens is 334 g/mol. The highest BCUT2D eigenvalue weighted by Crippen LogP contribution is 2.27. The lowest BCUT2D eigenvalue weighted by Gasteiger charge is -2.12. The van der Waals surface area contributed by atoms with E-state index in [4.69, 9.17) is 4.98 Å². The fourth-order valence-electron chi connectivity index (χ4n) is 2.60. The molecular formula is C18H23N5OS. The highest BCUT2D eigenvalue weighted by Gasteiger charge is 2.18. The van der Waals surface area contributed by atoms with E-state index in [0.717, 1.165) is 28.3 Å². The number of carbonyl (C=O) groups is 1. The molecule has 0 aliphatic heterocycles. The quantitative estimate of drug-likeness (QED) is 0.685. The number of fused-ring (bicyclic) bond motifs is 3. The van der Waals surface area contributed by atoms with Crippen molar-refractivity contribution >= 4 is 34.3 Å². The van der Waals surface area contributed by atoms with Gasteiger partial charge in [0.1, 0.15) is 10.9 Å². The Balaban J connectivity index is 1.99. The third-order valence-corrected chi connectivity index (χ3v) is 5.05. The summed E-state index contributed by atoms with van der Waals surface area (Å²) in [4.78, 5) is 16.8. The lowest BCUT2D eigenvalue weighted by Crippen LogP contribution is -2.33. The molecule has 0 unspecified atom stereocenters. The number of thioether (sulfide) groups is 1. The van der Waals surface area contributed by atoms with Crippen LogP contribution >= 0.6 is 11.8 Å². The molecule has 132 valence electrons. The highest BCUT2D eigenvalue weighted by atomic mass is 32.2. The predicted molar refractivity (Wildman–Crippen MR) is 101 cm³/mol. The maximum atomic E-state index is 12.1. The van der Waals surface area contributed by atoms with Crippen LogP contribution in [0.2, 0.25) is 0 Å². The largest absolute Gasteiger partial charge is 0.353 e. The molecule has 1 amide bonds. The Kier molecular flexibility index (Phi) is 5.22. The van der Waals surface area contributed by atoms with Crippen LogP contribution in [0.3, 0.4) is 0 Å². The summed E-state index contributed by atoms with van der Waals surface area (Å²) in [5.74, 6) is 1.47. The molecule has 0 spiro atoms. The van der Waals surface area contributed by atoms with Crippen LogP contribution in [-0.4, -0.2) is 37.3 Å². The van der Waals surface area contributed by atoms with Gasteiger partial charge < -0.3 is 5.32 Å². The minimum Gasteiger partial charge on any atom is -0.353 e. The molecule has 3 aromatic rings. The molecule has 0 saturated heterocycles. The molecule has 0 fully saturated rings. The second-order valence-electron chi connectivity index (χ2n) is 6.44. The van der Waals surface area contributed by atoms with Gasteiger partial charge in [-0.05, 0) is 25.5 Å². The number of hydrogen-bond donors (Lipinski definition) is 1. The topological polar surface area (TPSA) is 72.2 Å². The first-order valence-corrected chi connectivity index (χ1v) is 9.55. The smallest absolute Gasteiger partial charge is 0.230 e. The minimum atomic E-state index is 0.0102. The van der Waals surface area contributed by atoms with E-state index in [1.54, 1.807) is 0 Å². The molecule has 0 aliphatic rings. The van der Waals surface area contributed by atoms with E-state index in [2.05, 4.69) is 40.7 Å². The van der Waals surface area contributed by atoms with Gasteiger partial charge in [-0.1, -0.05) is 44.7 Å². The molecule has 3 rings (SSSR count). The number of nitrogens with zero attached hydrogens (tertiary/aromatic N) is 4. The first-order chi connectivity index (χ1) is 12.0. The monoisotopic (exact) mass is 357 g/mol. The summed E-state index contributed by atoms with van der Waals surface area (Å²) in [7, 11) is 0. The Hall–Kier alpha value is -2.15. The van der Waals surface area contributed by atoms with Crippen molar-refractivity contribution in [2.45, 2.75) is 51.1 Å². The van der Waals surface area contributed by atoms with E-state index in [-0.39, 0.29) is 17.9 Å². The van der Waals surface area contributed by atoms with E-state index < -0.39 is 0 Å². The number of benzene rings is 1. The average Bonchev–Trinajstić information content (AvgIpc) is 3.05. The first-order valence-electron chi connectivity index (χ1n) is 8.57. The molecule has 0 saturated carbocycles. The zero-order chi connectivity index (χ0) is 18.0. The fraction of sp³-hybridized carbons (Fsp3) is 0.444. The molecule has 1 atom stereocenters. The molecule has 6 nitrogen and oxygen atoms in total. The van der Waals surface area contributed by atoms with E-state index in [1.165, 1.54) is 11.8 Å². The summed E-state index contributed by atoms with van der Waals surface area (Å²) >= 11 is 1.40. The third-order valence-electron chi connectivity index (χ3n) is 4.10. The number of amides is 1. The Morgan fingerprint density at radius 1 is 1.24 bits per heavy atom. The summed E-state index contributed by atoms with van der Waals surface area (Å²) in [6.45, 7) is 8.24. The van der Waals surface area contributed by atoms with Crippen molar-refractivity contribution in [3.8, 4) is 0 Å². The van der Waals surface area contributed by atoms with Gasteiger partial charge in [-0.15, -0.1) is 10.2 Å². The summed E-state index contributed by atoms with van der Waals surface area (Å²) < 4.78 is 2.06. The van der Waals surface area contributed by atoms with Gasteiger partial charge in [0.15, 0.2) is 5.65 Å². The normalized spacial score (nSPS) is 12.8. The van der Waals surface area contributed by atoms with E-state index in [1.807, 2.05) is 31.2 Å². The summed E-state index contributed by atoms with van der Waals surface area (Å²) in [5.41, 5.74) is 2.57. The van der Waals surface area contributed by atoms with Crippen LogP contribution in [0.25, 0.3) is 16.7 Å². The molecule has 2 heterocycles. The second kappa shape index (κ2) is 7.39. The van der Waals surface area contributed by atoms with Crippen molar-refractivity contribution in [3.63, 3.8) is 0 Å². The lowest BCUT2D eigenvalue weighted by molar-refractivity contribution is -0.119. The Morgan fingerprint density at radius 2 is 2.00 bits per heavy atom. The van der Waals surface area contributed by atoms with E-state index in [0.29, 0.717) is 11.4 Å². The minimum absolute atomic E-state index is 0.0102. The van der Waals surface area contributed by atoms with Gasteiger partial charge in [-0.25, -0.2) is 4.98 Å². The number of para-hydroxylation sites is 2. The van der Waals surface area contributed by atoms with E-state index in [9.17, 15) is 4.79 Å². The number of nitrogens with one attached hydrogen (secondary N) is 1. The molecule has 0 aliphatic carbocycles. The van der Waals surface area contributed by atoms with Crippen LogP contribution in [-0.2, 0) is 4.79 Å². The van der Waals surface area contributed by atoms with Crippen LogP contribution in [0.5, 0.6) is 0 Å². The van der Waals surface area contributed by atoms with Crippen molar-refractivity contribution in [2.75, 3.05) is 5.75 Å². The van der Waals surface area contributed by atoms with Crippen molar-refractivity contribution < 1.29 is 4.79 Å². The van der Waals surface area contributed by atoms with Gasteiger partial charge in [-0.2, -0.15) is 0 Å². The molecule has 0 bridgehead atoms. The van der Waals surface area contributed by atoms with Gasteiger partial charge in [-0.3, -0.25) is 9.20 Å². The molecule has 7 heteroatoms. The molecule has 0 radical (unpaired) electrons. The van der Waals surface area contributed by atoms with Gasteiger partial charge >= 0.3 is 0 Å². The average molecular weight is 357 g/mol. The third kappa shape index (κ3) is 3.61. The van der Waals surface area contributed by atoms with Crippen LogP contribution < -0.4 is 5.32 Å². The van der Waals surface area contributed by atoms with Crippen molar-refractivity contribution in [1.29, 1.82) is 0 Å². The summed E-state index contributed by atoms with van der Waals surface area (Å²) in [6, 6.07) is 8.12. The Labute approximate surface area is 151 Å². The summed E-state index contributed by atoms with van der Waals surface area (Å²) in [6.07, 6.45) is 0.913. The summed E-state index contributed by atoms with van der Waals surface area (Å²) in [5, 5.41) is 12.4. The maximum absolute atomic E-state index is 12.1. The zero-order valence-corrected chi connectivity index (χ0v) is 15.8. The molecule has 1 N–H and O–H groups in total. The Bertz CT molecular complexity index is 905. The van der Waals surface area contributed by atoms with Gasteiger partial charge in [0, 0.05) is 12.0 Å². The fourth-order valence-corrected chi connectivity index (χ4v) is 3.38. The molecule has 1 aromatic carbocycles. The number of hydrogen-bond acceptors (Lipinski definition) is 5. The number of rotatable bonds is 6. The van der Waals surface area contributed by atoms with Crippen molar-refractivity contribution in [3.05, 3.63) is 30.1 Å². The van der Waals surface area contributed by atoms with Gasteiger partial charge in [0.25, 0.3) is 0 Å². The lowest BCUT2D eigenvalue weighted by atomic mass is 10.2. The van der Waals surface area contributed by atoms with Crippen molar-refractivity contribution in [1.82, 2.24) is 24.9 Å². The number of aromatic nitrogens is 4. The molecule has 25 heavy (non-hydrogen) atoms. The molecule has 2 aromatic heterocycles.